The molecule has 3 fully saturated rings. The topological polar surface area (TPSA) is 26.3 Å². The molecule has 0 spiro atoms. The molecule has 3 aliphatic carbocycles. The van der Waals surface area contributed by atoms with Crippen molar-refractivity contribution in [3.05, 3.63) is 0 Å². The van der Waals surface area contributed by atoms with Crippen molar-refractivity contribution in [1.82, 2.24) is 0 Å². The first-order valence-corrected chi connectivity index (χ1v) is 5.60. The fourth-order valence-electron chi connectivity index (χ4n) is 3.47. The van der Waals surface area contributed by atoms with Crippen LogP contribution in [0.2, 0.25) is 0 Å². The van der Waals surface area contributed by atoms with Crippen molar-refractivity contribution in [3.8, 4) is 0 Å². The highest BCUT2D eigenvalue weighted by molar-refractivity contribution is 5.66. The normalized spacial score (nSPS) is 44.0. The second kappa shape index (κ2) is 2.98. The number of esters is 1. The van der Waals surface area contributed by atoms with Crippen LogP contribution in [0.5, 0.6) is 0 Å². The van der Waals surface area contributed by atoms with Gasteiger partial charge >= 0.3 is 5.97 Å². The summed E-state index contributed by atoms with van der Waals surface area (Å²) in [5, 5.41) is 0. The minimum Gasteiger partial charge on any atom is -0.462 e. The lowest BCUT2D eigenvalue weighted by molar-refractivity contribution is -0.184. The molecule has 3 aliphatic rings. The van der Waals surface area contributed by atoms with Crippen molar-refractivity contribution in [3.63, 3.8) is 0 Å². The van der Waals surface area contributed by atoms with E-state index in [1.807, 2.05) is 0 Å². The van der Waals surface area contributed by atoms with E-state index in [-0.39, 0.29) is 12.1 Å². The van der Waals surface area contributed by atoms with Gasteiger partial charge < -0.3 is 4.74 Å². The number of ether oxygens (including phenoxy) is 1. The maximum Gasteiger partial charge on any atom is 0.302 e. The molecule has 0 aromatic heterocycles. The molecule has 2 unspecified atom stereocenters. The maximum atomic E-state index is 10.9. The van der Waals surface area contributed by atoms with E-state index in [1.54, 1.807) is 0 Å². The Balaban J connectivity index is 2.04. The highest BCUT2D eigenvalue weighted by Crippen LogP contribution is 2.61. The van der Waals surface area contributed by atoms with Crippen LogP contribution in [-0.4, -0.2) is 12.1 Å². The lowest BCUT2D eigenvalue weighted by Crippen LogP contribution is -2.57. The molecule has 0 radical (unpaired) electrons. The van der Waals surface area contributed by atoms with Gasteiger partial charge in [0.1, 0.15) is 6.10 Å². The van der Waals surface area contributed by atoms with Crippen molar-refractivity contribution < 1.29 is 9.53 Å². The molecule has 0 aromatic rings. The molecular weight excluding hydrogens is 176 g/mol. The smallest absolute Gasteiger partial charge is 0.302 e. The van der Waals surface area contributed by atoms with Crippen molar-refractivity contribution in [2.75, 3.05) is 0 Å². The van der Waals surface area contributed by atoms with Gasteiger partial charge in [0.05, 0.1) is 0 Å². The number of carbonyl (C=O) groups is 1. The number of rotatable bonds is 1. The Kier molecular flexibility index (Phi) is 2.13. The molecule has 0 saturated heterocycles. The highest BCUT2D eigenvalue weighted by atomic mass is 16.5. The number of hydrogen-bond donors (Lipinski definition) is 0. The van der Waals surface area contributed by atoms with E-state index in [0.717, 1.165) is 18.3 Å². The molecular formula is C12H20O2. The van der Waals surface area contributed by atoms with Gasteiger partial charge in [-0.3, -0.25) is 4.79 Å². The zero-order valence-corrected chi connectivity index (χ0v) is 9.54. The summed E-state index contributed by atoms with van der Waals surface area (Å²) in [7, 11) is 0. The van der Waals surface area contributed by atoms with E-state index >= 15 is 0 Å². The third kappa shape index (κ3) is 1.27. The van der Waals surface area contributed by atoms with E-state index in [9.17, 15) is 4.79 Å². The number of fused-ring (bicyclic) bond motifs is 2. The van der Waals surface area contributed by atoms with Gasteiger partial charge in [-0.05, 0) is 36.0 Å². The van der Waals surface area contributed by atoms with Crippen molar-refractivity contribution in [1.29, 1.82) is 0 Å². The Morgan fingerprint density at radius 1 is 1.36 bits per heavy atom. The maximum absolute atomic E-state index is 10.9. The summed E-state index contributed by atoms with van der Waals surface area (Å²) in [4.78, 5) is 10.9. The van der Waals surface area contributed by atoms with E-state index in [4.69, 9.17) is 4.74 Å². The molecule has 0 amide bonds. The molecule has 0 N–H and O–H groups in total. The molecule has 0 aromatic carbocycles. The Hall–Kier alpha value is -0.530. The lowest BCUT2D eigenvalue weighted by atomic mass is 9.45. The van der Waals surface area contributed by atoms with Crippen LogP contribution >= 0.6 is 0 Å². The van der Waals surface area contributed by atoms with E-state index < -0.39 is 0 Å². The van der Waals surface area contributed by atoms with Crippen LogP contribution < -0.4 is 0 Å². The van der Waals surface area contributed by atoms with Crippen LogP contribution in [0.15, 0.2) is 0 Å². The molecule has 14 heavy (non-hydrogen) atoms. The van der Waals surface area contributed by atoms with Crippen LogP contribution in [0, 0.1) is 23.2 Å². The summed E-state index contributed by atoms with van der Waals surface area (Å²) in [6, 6.07) is 0. The second-order valence-electron chi connectivity index (χ2n) is 5.60. The van der Waals surface area contributed by atoms with Gasteiger partial charge in [0.15, 0.2) is 0 Å². The molecule has 2 nitrogen and oxygen atoms in total. The first kappa shape index (κ1) is 10.0. The molecule has 4 atom stereocenters. The number of carbonyl (C=O) groups excluding carboxylic acids is 1. The summed E-state index contributed by atoms with van der Waals surface area (Å²) in [5.41, 5.74) is 0.482. The van der Waals surface area contributed by atoms with Crippen LogP contribution in [-0.2, 0) is 9.53 Å². The largest absolute Gasteiger partial charge is 0.462 e. The Bertz CT molecular complexity index is 257. The van der Waals surface area contributed by atoms with Crippen molar-refractivity contribution >= 4 is 5.97 Å². The molecule has 2 bridgehead atoms. The van der Waals surface area contributed by atoms with Gasteiger partial charge in [-0.25, -0.2) is 0 Å². The molecule has 0 heterocycles. The van der Waals surface area contributed by atoms with Gasteiger partial charge in [0.25, 0.3) is 0 Å². The Morgan fingerprint density at radius 3 is 2.43 bits per heavy atom. The summed E-state index contributed by atoms with van der Waals surface area (Å²) < 4.78 is 5.36. The predicted octanol–water partition coefficient (Wildman–Crippen LogP) is 2.62. The second-order valence-corrected chi connectivity index (χ2v) is 5.60. The Labute approximate surface area is 86.0 Å². The summed E-state index contributed by atoms with van der Waals surface area (Å²) in [6.45, 7) is 8.45. The van der Waals surface area contributed by atoms with Crippen LogP contribution in [0.4, 0.5) is 0 Å². The fourth-order valence-corrected chi connectivity index (χ4v) is 3.47. The zero-order chi connectivity index (χ0) is 10.5. The van der Waals surface area contributed by atoms with Gasteiger partial charge in [-0.1, -0.05) is 20.8 Å². The Morgan fingerprint density at radius 2 is 2.00 bits per heavy atom. The van der Waals surface area contributed by atoms with Crippen LogP contribution in [0.3, 0.4) is 0 Å². The number of hydrogen-bond acceptors (Lipinski definition) is 2. The minimum atomic E-state index is -0.124. The van der Waals surface area contributed by atoms with Crippen LogP contribution in [0.1, 0.15) is 40.5 Å². The third-order valence-electron chi connectivity index (χ3n) is 4.60. The van der Waals surface area contributed by atoms with Gasteiger partial charge in [0.2, 0.25) is 0 Å². The third-order valence-corrected chi connectivity index (χ3v) is 4.60. The monoisotopic (exact) mass is 196 g/mol. The summed E-state index contributed by atoms with van der Waals surface area (Å²) >= 11 is 0. The highest BCUT2D eigenvalue weighted by Gasteiger charge is 2.57. The molecule has 3 rings (SSSR count). The van der Waals surface area contributed by atoms with E-state index in [2.05, 4.69) is 20.8 Å². The fraction of sp³-hybridized carbons (Fsp3) is 0.917. The summed E-state index contributed by atoms with van der Waals surface area (Å²) in [5.74, 6) is 1.94. The first-order chi connectivity index (χ1) is 6.43. The standard InChI is InChI=1S/C12H20O2/c1-7-10-5-9(12(10,3)4)6-11(7)14-8(2)13/h7,9-11H,5-6H2,1-4H3/t7-,9?,10?,11-/m1/s1. The minimum absolute atomic E-state index is 0.124. The van der Waals surface area contributed by atoms with Crippen LogP contribution in [0.25, 0.3) is 0 Å². The zero-order valence-electron chi connectivity index (χ0n) is 9.54. The average Bonchev–Trinajstić information content (AvgIpc) is 2.06. The van der Waals surface area contributed by atoms with Gasteiger partial charge in [-0.2, -0.15) is 0 Å². The lowest BCUT2D eigenvalue weighted by Gasteiger charge is -2.61. The van der Waals surface area contributed by atoms with Crippen molar-refractivity contribution in [2.45, 2.75) is 46.6 Å². The predicted molar refractivity (Wildman–Crippen MR) is 54.7 cm³/mol. The van der Waals surface area contributed by atoms with Crippen molar-refractivity contribution in [2.24, 2.45) is 23.2 Å². The van der Waals surface area contributed by atoms with E-state index in [0.29, 0.717) is 11.3 Å². The van der Waals surface area contributed by atoms with Gasteiger partial charge in [0, 0.05) is 6.92 Å². The SMILES string of the molecule is CC(=O)O[C@@H]1CC2CC([C@H]1C)C2(C)C. The van der Waals surface area contributed by atoms with Gasteiger partial charge in [-0.15, -0.1) is 0 Å². The average molecular weight is 196 g/mol. The molecule has 0 aliphatic heterocycles. The van der Waals surface area contributed by atoms with E-state index in [1.165, 1.54) is 13.3 Å². The first-order valence-electron chi connectivity index (χ1n) is 5.60. The molecule has 2 heteroatoms. The molecule has 3 saturated carbocycles. The quantitative estimate of drug-likeness (QED) is 0.603. The summed E-state index contributed by atoms with van der Waals surface area (Å²) in [6.07, 6.45) is 2.60. The molecule has 80 valence electrons.